The van der Waals surface area contributed by atoms with Gasteiger partial charge in [-0.05, 0) is 55.8 Å². The zero-order valence-corrected chi connectivity index (χ0v) is 18.9. The number of hydrogen-bond acceptors (Lipinski definition) is 6. The smallest absolute Gasteiger partial charge is 0.159 e. The molecule has 1 aromatic heterocycles. The van der Waals surface area contributed by atoms with Crippen molar-refractivity contribution in [2.75, 3.05) is 13.2 Å². The highest BCUT2D eigenvalue weighted by Gasteiger charge is 2.03. The van der Waals surface area contributed by atoms with Crippen LogP contribution in [0.2, 0.25) is 0 Å². The van der Waals surface area contributed by atoms with E-state index in [-0.39, 0.29) is 12.1 Å². The summed E-state index contributed by atoms with van der Waals surface area (Å²) in [5.41, 5.74) is 0.740. The fourth-order valence-corrected chi connectivity index (χ4v) is 4.00. The van der Waals surface area contributed by atoms with Crippen molar-refractivity contribution in [2.24, 2.45) is 0 Å². The Balaban J connectivity index is 0.000000533. The van der Waals surface area contributed by atoms with E-state index in [1.54, 1.807) is 30.0 Å². The van der Waals surface area contributed by atoms with Gasteiger partial charge in [0.25, 0.3) is 0 Å². The topological polar surface area (TPSA) is 48.4 Å². The largest absolute Gasteiger partial charge is 0.353 e. The van der Waals surface area contributed by atoms with Gasteiger partial charge in [-0.1, -0.05) is 23.9 Å². The summed E-state index contributed by atoms with van der Waals surface area (Å²) >= 11 is 6.51. The Kier molecular flexibility index (Phi) is 14.5. The van der Waals surface area contributed by atoms with Crippen molar-refractivity contribution < 1.29 is 14.3 Å². The third-order valence-electron chi connectivity index (χ3n) is 2.72. The number of carbonyl (C=O) groups excluding carboxylic acids is 1. The van der Waals surface area contributed by atoms with E-state index in [1.807, 2.05) is 50.4 Å². The standard InChI is InChI=1S/C11H8BrNOS2.C6H14O2.C2H4/c1-7(14)8-2-4-9(5-3-8)16-11-13-10(12)6-15-11;1-4-7-6(3)8-5-2;1-2/h2-6H,1H3;6H,4-5H2,1-3H3;1-2H2. The van der Waals surface area contributed by atoms with E-state index in [1.165, 1.54) is 0 Å². The summed E-state index contributed by atoms with van der Waals surface area (Å²) in [5, 5.41) is 1.95. The monoisotopic (exact) mass is 459 g/mol. The van der Waals surface area contributed by atoms with Gasteiger partial charge in [-0.25, -0.2) is 4.98 Å². The number of Topliss-reactive ketones (excluding diaryl/α,β-unsaturated/α-hetero) is 1. The van der Waals surface area contributed by atoms with Crippen molar-refractivity contribution >= 4 is 44.8 Å². The molecule has 0 atom stereocenters. The number of nitrogens with zero attached hydrogens (tertiary/aromatic N) is 1. The quantitative estimate of drug-likeness (QED) is 0.269. The molecule has 0 N–H and O–H groups in total. The van der Waals surface area contributed by atoms with E-state index in [0.29, 0.717) is 0 Å². The summed E-state index contributed by atoms with van der Waals surface area (Å²) in [5.74, 6) is 0.0912. The van der Waals surface area contributed by atoms with Crippen molar-refractivity contribution in [2.45, 2.75) is 43.2 Å². The molecule has 0 aliphatic heterocycles. The van der Waals surface area contributed by atoms with Gasteiger partial charge < -0.3 is 9.47 Å². The van der Waals surface area contributed by atoms with Gasteiger partial charge in [0.2, 0.25) is 0 Å². The molecule has 144 valence electrons. The Morgan fingerprint density at radius 1 is 1.23 bits per heavy atom. The summed E-state index contributed by atoms with van der Waals surface area (Å²) in [6.07, 6.45) is -0.0370. The van der Waals surface area contributed by atoms with Crippen LogP contribution in [0.4, 0.5) is 0 Å². The molecule has 1 aromatic carbocycles. The van der Waals surface area contributed by atoms with Crippen molar-refractivity contribution in [1.82, 2.24) is 4.98 Å². The van der Waals surface area contributed by atoms with Crippen LogP contribution in [-0.4, -0.2) is 30.3 Å². The first-order valence-electron chi connectivity index (χ1n) is 8.09. The molecule has 0 saturated heterocycles. The molecule has 0 aliphatic rings. The van der Waals surface area contributed by atoms with Crippen LogP contribution in [-0.2, 0) is 9.47 Å². The Morgan fingerprint density at radius 2 is 1.77 bits per heavy atom. The number of ether oxygens (including phenoxy) is 2. The zero-order valence-electron chi connectivity index (χ0n) is 15.7. The maximum Gasteiger partial charge on any atom is 0.159 e. The van der Waals surface area contributed by atoms with Crippen LogP contribution < -0.4 is 0 Å². The average Bonchev–Trinajstić information content (AvgIpc) is 3.03. The maximum atomic E-state index is 11.1. The fourth-order valence-electron chi connectivity index (χ4n) is 1.66. The van der Waals surface area contributed by atoms with E-state index in [0.717, 1.165) is 32.6 Å². The second-order valence-electron chi connectivity index (χ2n) is 4.60. The molecule has 1 heterocycles. The predicted molar refractivity (Wildman–Crippen MR) is 114 cm³/mol. The highest BCUT2D eigenvalue weighted by Crippen LogP contribution is 2.31. The summed E-state index contributed by atoms with van der Waals surface area (Å²) in [7, 11) is 0. The van der Waals surface area contributed by atoms with Crippen LogP contribution in [0.1, 0.15) is 38.1 Å². The third kappa shape index (κ3) is 10.9. The SMILES string of the molecule is C=C.CC(=O)c1ccc(Sc2nc(Br)cs2)cc1.CCOC(C)OCC. The molecule has 4 nitrogen and oxygen atoms in total. The number of halogens is 1. The number of hydrogen-bond donors (Lipinski definition) is 0. The number of carbonyl (C=O) groups is 1. The van der Waals surface area contributed by atoms with Gasteiger partial charge in [0, 0.05) is 29.1 Å². The van der Waals surface area contributed by atoms with Gasteiger partial charge in [-0.2, -0.15) is 0 Å². The number of benzene rings is 1. The Labute approximate surface area is 173 Å². The summed E-state index contributed by atoms with van der Waals surface area (Å²) < 4.78 is 12.0. The molecule has 0 amide bonds. The van der Waals surface area contributed by atoms with Gasteiger partial charge in [0.1, 0.15) is 4.60 Å². The summed E-state index contributed by atoms with van der Waals surface area (Å²) in [4.78, 5) is 16.5. The minimum absolute atomic E-state index is 0.0370. The van der Waals surface area contributed by atoms with Crippen molar-refractivity contribution in [3.05, 3.63) is 53.0 Å². The molecule has 0 fully saturated rings. The normalized spacial score (nSPS) is 9.77. The lowest BCUT2D eigenvalue weighted by atomic mass is 10.2. The van der Waals surface area contributed by atoms with Gasteiger partial charge in [-0.3, -0.25) is 4.79 Å². The van der Waals surface area contributed by atoms with Crippen LogP contribution >= 0.6 is 39.0 Å². The van der Waals surface area contributed by atoms with Crippen LogP contribution in [0.25, 0.3) is 0 Å². The number of ketones is 1. The number of rotatable bonds is 7. The minimum Gasteiger partial charge on any atom is -0.353 e. The van der Waals surface area contributed by atoms with Crippen molar-refractivity contribution in [3.8, 4) is 0 Å². The summed E-state index contributed by atoms with van der Waals surface area (Å²) in [6.45, 7) is 14.8. The minimum atomic E-state index is -0.0370. The second kappa shape index (κ2) is 15.1. The fraction of sp³-hybridized carbons (Fsp3) is 0.368. The third-order valence-corrected chi connectivity index (χ3v) is 5.38. The van der Waals surface area contributed by atoms with Crippen LogP contribution in [0, 0.1) is 0 Å². The molecule has 0 aliphatic carbocycles. The second-order valence-corrected chi connectivity index (χ2v) is 7.59. The molecule has 0 spiro atoms. The molecule has 0 saturated carbocycles. The Bertz CT molecular complexity index is 626. The van der Waals surface area contributed by atoms with Gasteiger partial charge >= 0.3 is 0 Å². The molecule has 0 bridgehead atoms. The molecule has 26 heavy (non-hydrogen) atoms. The molecule has 2 rings (SSSR count). The molecular weight excluding hydrogens is 434 g/mol. The lowest BCUT2D eigenvalue weighted by molar-refractivity contribution is -0.123. The van der Waals surface area contributed by atoms with Crippen molar-refractivity contribution in [1.29, 1.82) is 0 Å². The average molecular weight is 460 g/mol. The molecule has 0 radical (unpaired) electrons. The van der Waals surface area contributed by atoms with Crippen LogP contribution in [0.3, 0.4) is 0 Å². The van der Waals surface area contributed by atoms with Gasteiger partial charge in [0.15, 0.2) is 16.4 Å². The molecule has 7 heteroatoms. The molecule has 0 unspecified atom stereocenters. The molecular formula is C19H26BrNO3S2. The lowest BCUT2D eigenvalue weighted by Gasteiger charge is -2.09. The van der Waals surface area contributed by atoms with E-state index < -0.39 is 0 Å². The predicted octanol–water partition coefficient (Wildman–Crippen LogP) is 6.47. The maximum absolute atomic E-state index is 11.1. The van der Waals surface area contributed by atoms with E-state index in [9.17, 15) is 4.79 Å². The Morgan fingerprint density at radius 3 is 2.15 bits per heavy atom. The van der Waals surface area contributed by atoms with E-state index >= 15 is 0 Å². The summed E-state index contributed by atoms with van der Waals surface area (Å²) in [6, 6.07) is 7.56. The Hall–Kier alpha value is -0.990. The van der Waals surface area contributed by atoms with E-state index in [4.69, 9.17) is 9.47 Å². The first-order valence-corrected chi connectivity index (χ1v) is 10.6. The van der Waals surface area contributed by atoms with Crippen LogP contribution in [0.5, 0.6) is 0 Å². The zero-order chi connectivity index (χ0) is 19.9. The number of thiazole rings is 1. The van der Waals surface area contributed by atoms with Gasteiger partial charge in [-0.15, -0.1) is 24.5 Å². The van der Waals surface area contributed by atoms with Crippen LogP contribution in [0.15, 0.2) is 56.6 Å². The van der Waals surface area contributed by atoms with Crippen molar-refractivity contribution in [3.63, 3.8) is 0 Å². The number of aromatic nitrogens is 1. The van der Waals surface area contributed by atoms with Gasteiger partial charge in [0.05, 0.1) is 0 Å². The lowest BCUT2D eigenvalue weighted by Crippen LogP contribution is -2.11. The first-order chi connectivity index (χ1) is 12.5. The first kappa shape index (κ1) is 25.0. The molecule has 2 aromatic rings. The van der Waals surface area contributed by atoms with E-state index in [2.05, 4.69) is 34.1 Å². The highest BCUT2D eigenvalue weighted by molar-refractivity contribution is 9.10. The highest BCUT2D eigenvalue weighted by atomic mass is 79.9.